The molecule has 3 rings (SSSR count). The first-order valence-corrected chi connectivity index (χ1v) is 9.72. The molecule has 1 amide bonds. The van der Waals surface area contributed by atoms with Crippen LogP contribution in [0, 0.1) is 6.92 Å². The molecule has 1 heterocycles. The van der Waals surface area contributed by atoms with Crippen molar-refractivity contribution in [2.24, 2.45) is 0 Å². The first-order chi connectivity index (χ1) is 12.0. The molecule has 0 saturated carbocycles. The number of nitrogens with zero attached hydrogens (tertiary/aromatic N) is 2. The van der Waals surface area contributed by atoms with Crippen molar-refractivity contribution in [3.8, 4) is 10.6 Å². The summed E-state index contributed by atoms with van der Waals surface area (Å²) in [6.07, 6.45) is 0. The highest BCUT2D eigenvalue weighted by Gasteiger charge is 2.17. The Kier molecular flexibility index (Phi) is 5.73. The molecular weight excluding hydrogens is 374 g/mol. The maximum atomic E-state index is 12.4. The summed E-state index contributed by atoms with van der Waals surface area (Å²) < 4.78 is 0. The number of aryl methyl sites for hydroxylation is 1. The number of carbonyl (C=O) groups excluding carboxylic acids is 1. The average Bonchev–Trinajstić information content (AvgIpc) is 3.05. The molecule has 0 aliphatic rings. The molecule has 1 aromatic heterocycles. The topological polar surface area (TPSA) is 54.9 Å². The van der Waals surface area contributed by atoms with Crippen molar-refractivity contribution in [3.05, 3.63) is 59.1 Å². The number of benzene rings is 2. The predicted molar refractivity (Wildman–Crippen MR) is 105 cm³/mol. The Bertz CT molecular complexity index is 880. The average molecular weight is 390 g/mol. The van der Waals surface area contributed by atoms with Crippen LogP contribution in [0.5, 0.6) is 0 Å². The van der Waals surface area contributed by atoms with E-state index >= 15 is 0 Å². The number of hydrogen-bond donors (Lipinski definition) is 1. The number of aromatic nitrogens is 2. The maximum Gasteiger partial charge on any atom is 0.239 e. The lowest BCUT2D eigenvalue weighted by Crippen LogP contribution is -2.22. The fourth-order valence-corrected chi connectivity index (χ4v) is 3.88. The van der Waals surface area contributed by atoms with Crippen molar-refractivity contribution in [2.75, 3.05) is 5.32 Å². The highest BCUT2D eigenvalue weighted by molar-refractivity contribution is 8.00. The van der Waals surface area contributed by atoms with Crippen LogP contribution in [0.4, 0.5) is 5.13 Å². The number of carbonyl (C=O) groups is 1. The summed E-state index contributed by atoms with van der Waals surface area (Å²) in [4.78, 5) is 13.4. The number of rotatable bonds is 5. The van der Waals surface area contributed by atoms with Gasteiger partial charge in [0.2, 0.25) is 11.0 Å². The predicted octanol–water partition coefficient (Wildman–Crippen LogP) is 5.29. The molecule has 3 aromatic rings. The second kappa shape index (κ2) is 7.99. The second-order valence-corrected chi connectivity index (χ2v) is 8.31. The molecule has 1 N–H and O–H groups in total. The van der Waals surface area contributed by atoms with Crippen LogP contribution in [0.15, 0.2) is 53.4 Å². The zero-order chi connectivity index (χ0) is 17.8. The van der Waals surface area contributed by atoms with Gasteiger partial charge in [0, 0.05) is 15.5 Å². The van der Waals surface area contributed by atoms with Gasteiger partial charge in [0.25, 0.3) is 0 Å². The molecule has 0 bridgehead atoms. The van der Waals surface area contributed by atoms with Gasteiger partial charge < -0.3 is 0 Å². The minimum Gasteiger partial charge on any atom is -0.300 e. The Morgan fingerprint density at radius 2 is 1.96 bits per heavy atom. The third-order valence-electron chi connectivity index (χ3n) is 3.42. The number of hydrogen-bond acceptors (Lipinski definition) is 5. The third kappa shape index (κ3) is 4.81. The van der Waals surface area contributed by atoms with E-state index in [0.717, 1.165) is 21.0 Å². The fraction of sp³-hybridized carbons (Fsp3) is 0.167. The standard InChI is InChI=1S/C18H16ClN3OS2/c1-11-4-3-5-13(10-11)17-21-22-18(25-17)20-16(23)12(2)24-15-8-6-14(19)7-9-15/h3-10,12H,1-2H3,(H,20,22,23). The Labute approximate surface area is 159 Å². The number of anilines is 1. The summed E-state index contributed by atoms with van der Waals surface area (Å²) in [5, 5.41) is 12.8. The molecule has 1 atom stereocenters. The lowest BCUT2D eigenvalue weighted by molar-refractivity contribution is -0.115. The van der Waals surface area contributed by atoms with Crippen LogP contribution in [0.25, 0.3) is 10.6 Å². The zero-order valence-electron chi connectivity index (χ0n) is 13.7. The van der Waals surface area contributed by atoms with Gasteiger partial charge in [-0.3, -0.25) is 10.1 Å². The van der Waals surface area contributed by atoms with Crippen LogP contribution < -0.4 is 5.32 Å². The van der Waals surface area contributed by atoms with Crippen LogP contribution in [0.3, 0.4) is 0 Å². The summed E-state index contributed by atoms with van der Waals surface area (Å²) in [6, 6.07) is 15.5. The van der Waals surface area contributed by atoms with E-state index in [0.29, 0.717) is 10.2 Å². The minimum absolute atomic E-state index is 0.105. The van der Waals surface area contributed by atoms with E-state index in [-0.39, 0.29) is 11.2 Å². The molecule has 0 saturated heterocycles. The summed E-state index contributed by atoms with van der Waals surface area (Å²) >= 11 is 8.72. The normalized spacial score (nSPS) is 12.0. The van der Waals surface area contributed by atoms with E-state index in [4.69, 9.17) is 11.6 Å². The summed E-state index contributed by atoms with van der Waals surface area (Å²) in [7, 11) is 0. The third-order valence-corrected chi connectivity index (χ3v) is 5.67. The molecule has 2 aromatic carbocycles. The van der Waals surface area contributed by atoms with E-state index < -0.39 is 0 Å². The van der Waals surface area contributed by atoms with Crippen molar-refractivity contribution >= 4 is 45.7 Å². The molecule has 0 aliphatic carbocycles. The lowest BCUT2D eigenvalue weighted by Gasteiger charge is -2.10. The van der Waals surface area contributed by atoms with Crippen molar-refractivity contribution < 1.29 is 4.79 Å². The van der Waals surface area contributed by atoms with Gasteiger partial charge in [-0.05, 0) is 44.2 Å². The van der Waals surface area contributed by atoms with Gasteiger partial charge in [0.1, 0.15) is 5.01 Å². The van der Waals surface area contributed by atoms with Crippen molar-refractivity contribution in [1.82, 2.24) is 10.2 Å². The Hall–Kier alpha value is -1.89. The Balaban J connectivity index is 1.64. The van der Waals surface area contributed by atoms with Crippen molar-refractivity contribution in [2.45, 2.75) is 24.0 Å². The van der Waals surface area contributed by atoms with E-state index in [9.17, 15) is 4.79 Å². The summed E-state index contributed by atoms with van der Waals surface area (Å²) in [5.74, 6) is -0.105. The molecule has 7 heteroatoms. The SMILES string of the molecule is Cc1cccc(-c2nnc(NC(=O)C(C)Sc3ccc(Cl)cc3)s2)c1. The van der Waals surface area contributed by atoms with Gasteiger partial charge in [0.05, 0.1) is 5.25 Å². The Morgan fingerprint density at radius 3 is 2.68 bits per heavy atom. The number of thioether (sulfide) groups is 1. The van der Waals surface area contributed by atoms with Gasteiger partial charge in [-0.25, -0.2) is 0 Å². The molecule has 25 heavy (non-hydrogen) atoms. The molecular formula is C18H16ClN3OS2. The summed E-state index contributed by atoms with van der Waals surface area (Å²) in [5.41, 5.74) is 2.16. The van der Waals surface area contributed by atoms with Gasteiger partial charge in [-0.1, -0.05) is 46.7 Å². The quantitative estimate of drug-likeness (QED) is 0.602. The van der Waals surface area contributed by atoms with Gasteiger partial charge in [0.15, 0.2) is 0 Å². The van der Waals surface area contributed by atoms with E-state index in [2.05, 4.69) is 15.5 Å². The first-order valence-electron chi connectivity index (χ1n) is 7.65. The van der Waals surface area contributed by atoms with E-state index in [1.54, 1.807) is 0 Å². The molecule has 1 unspecified atom stereocenters. The van der Waals surface area contributed by atoms with Crippen LogP contribution in [-0.4, -0.2) is 21.4 Å². The molecule has 128 valence electrons. The monoisotopic (exact) mass is 389 g/mol. The molecule has 0 aliphatic heterocycles. The lowest BCUT2D eigenvalue weighted by atomic mass is 10.1. The fourth-order valence-electron chi connectivity index (χ4n) is 2.15. The van der Waals surface area contributed by atoms with Crippen LogP contribution >= 0.6 is 34.7 Å². The number of amides is 1. The van der Waals surface area contributed by atoms with Crippen molar-refractivity contribution in [3.63, 3.8) is 0 Å². The number of nitrogens with one attached hydrogen (secondary N) is 1. The van der Waals surface area contributed by atoms with Gasteiger partial charge >= 0.3 is 0 Å². The largest absolute Gasteiger partial charge is 0.300 e. The van der Waals surface area contributed by atoms with Gasteiger partial charge in [-0.15, -0.1) is 22.0 Å². The zero-order valence-corrected chi connectivity index (χ0v) is 16.1. The minimum atomic E-state index is -0.257. The maximum absolute atomic E-state index is 12.4. The highest BCUT2D eigenvalue weighted by Crippen LogP contribution is 2.29. The van der Waals surface area contributed by atoms with E-state index in [1.807, 2.05) is 62.4 Å². The first kappa shape index (κ1) is 17.9. The second-order valence-electron chi connectivity index (χ2n) is 5.49. The van der Waals surface area contributed by atoms with Crippen LogP contribution in [-0.2, 0) is 4.79 Å². The Morgan fingerprint density at radius 1 is 1.20 bits per heavy atom. The smallest absolute Gasteiger partial charge is 0.239 e. The number of halogens is 1. The molecule has 0 radical (unpaired) electrons. The molecule has 0 fully saturated rings. The molecule has 0 spiro atoms. The summed E-state index contributed by atoms with van der Waals surface area (Å²) in [6.45, 7) is 3.89. The van der Waals surface area contributed by atoms with E-state index in [1.165, 1.54) is 23.1 Å². The highest BCUT2D eigenvalue weighted by atomic mass is 35.5. The van der Waals surface area contributed by atoms with Gasteiger partial charge in [-0.2, -0.15) is 0 Å². The van der Waals surface area contributed by atoms with Crippen LogP contribution in [0.1, 0.15) is 12.5 Å². The molecule has 4 nitrogen and oxygen atoms in total. The van der Waals surface area contributed by atoms with Crippen LogP contribution in [0.2, 0.25) is 5.02 Å². The van der Waals surface area contributed by atoms with Crippen molar-refractivity contribution in [1.29, 1.82) is 0 Å².